The summed E-state index contributed by atoms with van der Waals surface area (Å²) in [6.45, 7) is 2.71. The SMILES string of the molecule is CCn1ncc2cc(Oc3ccc([N+](=O)[O-])cc3F)c(Br)cc21. The van der Waals surface area contributed by atoms with Crippen molar-refractivity contribution in [1.82, 2.24) is 9.78 Å². The van der Waals surface area contributed by atoms with Crippen LogP contribution in [0.15, 0.2) is 41.0 Å². The predicted octanol–water partition coefficient (Wildman–Crippen LogP) is 4.66. The van der Waals surface area contributed by atoms with Crippen LogP contribution in [-0.4, -0.2) is 14.7 Å². The summed E-state index contributed by atoms with van der Waals surface area (Å²) >= 11 is 3.39. The van der Waals surface area contributed by atoms with Crippen molar-refractivity contribution in [3.05, 3.63) is 56.9 Å². The minimum absolute atomic E-state index is 0.0847. The lowest BCUT2D eigenvalue weighted by Gasteiger charge is -2.09. The molecule has 3 aromatic rings. The number of non-ortho nitro benzene ring substituents is 1. The molecule has 1 heterocycles. The Morgan fingerprint density at radius 2 is 2.13 bits per heavy atom. The third kappa shape index (κ3) is 2.89. The average Bonchev–Trinajstić information content (AvgIpc) is 2.91. The maximum atomic E-state index is 13.9. The van der Waals surface area contributed by atoms with Crippen molar-refractivity contribution in [1.29, 1.82) is 0 Å². The highest BCUT2D eigenvalue weighted by atomic mass is 79.9. The van der Waals surface area contributed by atoms with Gasteiger partial charge in [0.05, 0.1) is 27.2 Å². The number of hydrogen-bond donors (Lipinski definition) is 0. The van der Waals surface area contributed by atoms with Crippen LogP contribution in [0.2, 0.25) is 0 Å². The van der Waals surface area contributed by atoms with Gasteiger partial charge in [-0.25, -0.2) is 4.39 Å². The summed E-state index contributed by atoms with van der Waals surface area (Å²) in [7, 11) is 0. The van der Waals surface area contributed by atoms with Crippen molar-refractivity contribution >= 4 is 32.5 Å². The minimum atomic E-state index is -0.796. The van der Waals surface area contributed by atoms with E-state index in [1.54, 1.807) is 12.3 Å². The van der Waals surface area contributed by atoms with Crippen LogP contribution in [0.5, 0.6) is 11.5 Å². The Morgan fingerprint density at radius 3 is 2.78 bits per heavy atom. The van der Waals surface area contributed by atoms with Crippen LogP contribution in [0.25, 0.3) is 10.9 Å². The fourth-order valence-corrected chi connectivity index (χ4v) is 2.63. The molecule has 0 saturated carbocycles. The smallest absolute Gasteiger partial charge is 0.272 e. The number of rotatable bonds is 4. The van der Waals surface area contributed by atoms with Crippen molar-refractivity contribution in [2.75, 3.05) is 0 Å². The summed E-state index contributed by atoms with van der Waals surface area (Å²) in [5, 5.41) is 15.7. The lowest BCUT2D eigenvalue weighted by molar-refractivity contribution is -0.385. The molecule has 3 rings (SSSR count). The van der Waals surface area contributed by atoms with Crippen LogP contribution in [0.3, 0.4) is 0 Å². The molecule has 0 fully saturated rings. The molecule has 0 amide bonds. The van der Waals surface area contributed by atoms with E-state index in [-0.39, 0.29) is 11.4 Å². The zero-order valence-corrected chi connectivity index (χ0v) is 13.6. The van der Waals surface area contributed by atoms with Crippen molar-refractivity contribution < 1.29 is 14.1 Å². The van der Waals surface area contributed by atoms with E-state index in [1.165, 1.54) is 12.1 Å². The molecule has 2 aromatic carbocycles. The van der Waals surface area contributed by atoms with Gasteiger partial charge in [0.15, 0.2) is 11.6 Å². The molecule has 0 bridgehead atoms. The molecule has 23 heavy (non-hydrogen) atoms. The largest absolute Gasteiger partial charge is 0.453 e. The normalized spacial score (nSPS) is 10.9. The first-order valence-corrected chi connectivity index (χ1v) is 7.55. The van der Waals surface area contributed by atoms with E-state index in [9.17, 15) is 14.5 Å². The molecule has 0 aliphatic carbocycles. The molecule has 0 spiro atoms. The van der Waals surface area contributed by atoms with Crippen LogP contribution in [-0.2, 0) is 6.54 Å². The van der Waals surface area contributed by atoms with E-state index in [0.717, 1.165) is 23.5 Å². The summed E-state index contributed by atoms with van der Waals surface area (Å²) in [5.74, 6) is -0.477. The number of benzene rings is 2. The summed E-state index contributed by atoms with van der Waals surface area (Å²) in [5.41, 5.74) is 0.601. The molecule has 1 aromatic heterocycles. The fourth-order valence-electron chi connectivity index (χ4n) is 2.21. The van der Waals surface area contributed by atoms with E-state index in [0.29, 0.717) is 10.2 Å². The number of aromatic nitrogens is 2. The van der Waals surface area contributed by atoms with Gasteiger partial charge < -0.3 is 4.74 Å². The standard InChI is InChI=1S/C15H11BrFN3O3/c1-2-19-13-7-11(16)15(5-9(13)8-18-19)23-14-4-3-10(20(21)22)6-12(14)17/h3-8H,2H2,1H3. The molecular weight excluding hydrogens is 369 g/mol. The summed E-state index contributed by atoms with van der Waals surface area (Å²) < 4.78 is 22.0. The first kappa shape index (κ1) is 15.4. The minimum Gasteiger partial charge on any atom is -0.453 e. The van der Waals surface area contributed by atoms with Crippen molar-refractivity contribution in [3.8, 4) is 11.5 Å². The number of nitrogens with zero attached hydrogens (tertiary/aromatic N) is 3. The maximum Gasteiger partial charge on any atom is 0.272 e. The number of ether oxygens (including phenoxy) is 1. The molecule has 8 heteroatoms. The van der Waals surface area contributed by atoms with Crippen LogP contribution in [0, 0.1) is 15.9 Å². The van der Waals surface area contributed by atoms with Gasteiger partial charge in [0.1, 0.15) is 5.75 Å². The Labute approximate surface area is 138 Å². The molecular formula is C15H11BrFN3O3. The number of hydrogen-bond acceptors (Lipinski definition) is 4. The molecule has 118 valence electrons. The van der Waals surface area contributed by atoms with Gasteiger partial charge in [0.25, 0.3) is 5.69 Å². The van der Waals surface area contributed by atoms with Crippen LogP contribution < -0.4 is 4.74 Å². The Morgan fingerprint density at radius 1 is 1.35 bits per heavy atom. The third-order valence-corrected chi connectivity index (χ3v) is 3.96. The Balaban J connectivity index is 1.98. The van der Waals surface area contributed by atoms with E-state index in [1.807, 2.05) is 17.7 Å². The number of aryl methyl sites for hydroxylation is 1. The van der Waals surface area contributed by atoms with E-state index < -0.39 is 10.7 Å². The van der Waals surface area contributed by atoms with Gasteiger partial charge in [0, 0.05) is 18.0 Å². The molecule has 0 unspecified atom stereocenters. The second-order valence-corrected chi connectivity index (χ2v) is 5.63. The monoisotopic (exact) mass is 379 g/mol. The molecule has 0 radical (unpaired) electrons. The van der Waals surface area contributed by atoms with Crippen LogP contribution >= 0.6 is 15.9 Å². The second-order valence-electron chi connectivity index (χ2n) is 4.78. The predicted molar refractivity (Wildman–Crippen MR) is 86.2 cm³/mol. The van der Waals surface area contributed by atoms with E-state index in [2.05, 4.69) is 21.0 Å². The fraction of sp³-hybridized carbons (Fsp3) is 0.133. The Kier molecular flexibility index (Phi) is 3.99. The van der Waals surface area contributed by atoms with Gasteiger partial charge in [-0.1, -0.05) is 0 Å². The van der Waals surface area contributed by atoms with Gasteiger partial charge in [-0.3, -0.25) is 14.8 Å². The van der Waals surface area contributed by atoms with Gasteiger partial charge in [-0.2, -0.15) is 5.10 Å². The lowest BCUT2D eigenvalue weighted by atomic mass is 10.2. The first-order valence-electron chi connectivity index (χ1n) is 6.76. The molecule has 0 aliphatic heterocycles. The highest BCUT2D eigenvalue weighted by Gasteiger charge is 2.14. The Hall–Kier alpha value is -2.48. The molecule has 0 aliphatic rings. The molecule has 0 N–H and O–H groups in total. The number of nitro benzene ring substituents is 1. The summed E-state index contributed by atoms with van der Waals surface area (Å²) in [6.07, 6.45) is 1.70. The van der Waals surface area contributed by atoms with Gasteiger partial charge in [-0.05, 0) is 41.1 Å². The van der Waals surface area contributed by atoms with E-state index >= 15 is 0 Å². The van der Waals surface area contributed by atoms with Gasteiger partial charge in [0.2, 0.25) is 0 Å². The number of halogens is 2. The zero-order chi connectivity index (χ0) is 16.6. The van der Waals surface area contributed by atoms with Crippen molar-refractivity contribution in [3.63, 3.8) is 0 Å². The summed E-state index contributed by atoms with van der Waals surface area (Å²) in [6, 6.07) is 6.83. The summed E-state index contributed by atoms with van der Waals surface area (Å²) in [4.78, 5) is 9.98. The van der Waals surface area contributed by atoms with E-state index in [4.69, 9.17) is 4.74 Å². The van der Waals surface area contributed by atoms with Gasteiger partial charge >= 0.3 is 0 Å². The lowest BCUT2D eigenvalue weighted by Crippen LogP contribution is -1.96. The number of fused-ring (bicyclic) bond motifs is 1. The number of nitro groups is 1. The zero-order valence-electron chi connectivity index (χ0n) is 12.0. The molecule has 6 nitrogen and oxygen atoms in total. The first-order chi connectivity index (χ1) is 11.0. The molecule has 0 saturated heterocycles. The third-order valence-electron chi connectivity index (χ3n) is 3.34. The van der Waals surface area contributed by atoms with Crippen LogP contribution in [0.4, 0.5) is 10.1 Å². The highest BCUT2D eigenvalue weighted by Crippen LogP contribution is 2.35. The van der Waals surface area contributed by atoms with Crippen LogP contribution in [0.1, 0.15) is 6.92 Å². The average molecular weight is 380 g/mol. The Bertz CT molecular complexity index is 910. The topological polar surface area (TPSA) is 70.2 Å². The highest BCUT2D eigenvalue weighted by molar-refractivity contribution is 9.10. The quantitative estimate of drug-likeness (QED) is 0.488. The van der Waals surface area contributed by atoms with Gasteiger partial charge in [-0.15, -0.1) is 0 Å². The maximum absolute atomic E-state index is 13.9. The molecule has 0 atom stereocenters. The van der Waals surface area contributed by atoms with Crippen molar-refractivity contribution in [2.24, 2.45) is 0 Å². The van der Waals surface area contributed by atoms with Crippen molar-refractivity contribution in [2.45, 2.75) is 13.5 Å². The second kappa shape index (κ2) is 5.96.